The zero-order valence-electron chi connectivity index (χ0n) is 10.5. The molecule has 5 nitrogen and oxygen atoms in total. The van der Waals surface area contributed by atoms with E-state index in [1.165, 1.54) is 7.11 Å². The fraction of sp³-hybridized carbons (Fsp3) is 0.462. The molecular formula is C13H18O5. The largest absolute Gasteiger partial charge is 0.465 e. The van der Waals surface area contributed by atoms with Gasteiger partial charge in [0, 0.05) is 6.61 Å². The lowest BCUT2D eigenvalue weighted by Gasteiger charge is -2.20. The lowest BCUT2D eigenvalue weighted by Crippen LogP contribution is -2.21. The minimum Gasteiger partial charge on any atom is -0.465 e. The zero-order valence-corrected chi connectivity index (χ0v) is 10.5. The van der Waals surface area contributed by atoms with Crippen LogP contribution in [0.5, 0.6) is 0 Å². The first kappa shape index (κ1) is 14.6. The Morgan fingerprint density at radius 3 is 2.61 bits per heavy atom. The van der Waals surface area contributed by atoms with Gasteiger partial charge in [0.25, 0.3) is 0 Å². The minimum absolute atomic E-state index is 0.0725. The summed E-state index contributed by atoms with van der Waals surface area (Å²) in [6, 6.07) is 4.84. The van der Waals surface area contributed by atoms with Crippen molar-refractivity contribution in [1.29, 1.82) is 0 Å². The maximum Gasteiger partial charge on any atom is 0.338 e. The second kappa shape index (κ2) is 6.49. The molecule has 0 heterocycles. The highest BCUT2D eigenvalue weighted by molar-refractivity contribution is 5.91. The van der Waals surface area contributed by atoms with Gasteiger partial charge in [-0.3, -0.25) is 0 Å². The number of hydrogen-bond acceptors (Lipinski definition) is 5. The summed E-state index contributed by atoms with van der Waals surface area (Å²) >= 11 is 0. The molecule has 0 saturated carbocycles. The van der Waals surface area contributed by atoms with Crippen molar-refractivity contribution >= 4 is 5.97 Å². The van der Waals surface area contributed by atoms with Crippen molar-refractivity contribution in [2.45, 2.75) is 25.6 Å². The van der Waals surface area contributed by atoms with Crippen LogP contribution in [0.3, 0.4) is 0 Å². The molecule has 0 radical (unpaired) electrons. The van der Waals surface area contributed by atoms with Gasteiger partial charge in [0.2, 0.25) is 0 Å². The minimum atomic E-state index is -1.14. The molecule has 1 rings (SSSR count). The van der Waals surface area contributed by atoms with Gasteiger partial charge >= 0.3 is 5.97 Å². The molecule has 5 heteroatoms. The first-order valence-corrected chi connectivity index (χ1v) is 5.67. The first-order valence-electron chi connectivity index (χ1n) is 5.67. The molecule has 100 valence electrons. The van der Waals surface area contributed by atoms with E-state index >= 15 is 0 Å². The molecule has 0 aliphatic heterocycles. The lowest BCUT2D eigenvalue weighted by molar-refractivity contribution is 0.00379. The molecular weight excluding hydrogens is 236 g/mol. The molecule has 1 aromatic carbocycles. The first-order chi connectivity index (χ1) is 8.52. The summed E-state index contributed by atoms with van der Waals surface area (Å²) < 4.78 is 4.64. The van der Waals surface area contributed by atoms with Crippen molar-refractivity contribution in [3.63, 3.8) is 0 Å². The summed E-state index contributed by atoms with van der Waals surface area (Å²) in [7, 11) is 1.28. The van der Waals surface area contributed by atoms with Gasteiger partial charge in [-0.2, -0.15) is 0 Å². The van der Waals surface area contributed by atoms with Gasteiger partial charge in [-0.15, -0.1) is 0 Å². The number of rotatable bonds is 5. The predicted molar refractivity (Wildman–Crippen MR) is 65.2 cm³/mol. The summed E-state index contributed by atoms with van der Waals surface area (Å²) in [5, 5.41) is 28.4. The summed E-state index contributed by atoms with van der Waals surface area (Å²) in [4.78, 5) is 11.5. The van der Waals surface area contributed by atoms with E-state index in [1.807, 2.05) is 0 Å². The molecule has 2 atom stereocenters. The molecule has 0 saturated heterocycles. The number of aliphatic hydroxyl groups is 3. The number of carbonyl (C=O) groups is 1. The average molecular weight is 254 g/mol. The number of benzene rings is 1. The van der Waals surface area contributed by atoms with Crippen molar-refractivity contribution in [3.8, 4) is 0 Å². The summed E-state index contributed by atoms with van der Waals surface area (Å²) in [6.07, 6.45) is -2.13. The number of aliphatic hydroxyl groups excluding tert-OH is 3. The Labute approximate surface area is 106 Å². The quantitative estimate of drug-likeness (QED) is 0.668. The van der Waals surface area contributed by atoms with Crippen molar-refractivity contribution in [3.05, 3.63) is 34.9 Å². The van der Waals surface area contributed by atoms with Crippen LogP contribution in [0.1, 0.15) is 34.0 Å². The Morgan fingerprint density at radius 1 is 1.39 bits per heavy atom. The third-order valence-corrected chi connectivity index (χ3v) is 2.89. The second-order valence-electron chi connectivity index (χ2n) is 4.04. The summed E-state index contributed by atoms with van der Waals surface area (Å²) in [6.45, 7) is 1.46. The third-order valence-electron chi connectivity index (χ3n) is 2.89. The van der Waals surface area contributed by atoms with Crippen LogP contribution in [0.4, 0.5) is 0 Å². The highest BCUT2D eigenvalue weighted by Gasteiger charge is 2.22. The molecule has 0 bridgehead atoms. The van der Waals surface area contributed by atoms with E-state index in [4.69, 9.17) is 5.11 Å². The monoisotopic (exact) mass is 254 g/mol. The van der Waals surface area contributed by atoms with E-state index in [0.717, 1.165) is 0 Å². The van der Waals surface area contributed by atoms with Crippen LogP contribution < -0.4 is 0 Å². The maximum absolute atomic E-state index is 11.5. The Bertz CT molecular complexity index is 416. The second-order valence-corrected chi connectivity index (χ2v) is 4.04. The van der Waals surface area contributed by atoms with E-state index in [9.17, 15) is 15.0 Å². The number of carbonyl (C=O) groups excluding carboxylic acids is 1. The van der Waals surface area contributed by atoms with Gasteiger partial charge in [-0.25, -0.2) is 4.79 Å². The smallest absolute Gasteiger partial charge is 0.338 e. The van der Waals surface area contributed by atoms with Crippen molar-refractivity contribution in [1.82, 2.24) is 0 Å². The van der Waals surface area contributed by atoms with Crippen molar-refractivity contribution in [2.75, 3.05) is 13.7 Å². The molecule has 2 unspecified atom stereocenters. The Balaban J connectivity index is 3.06. The normalized spacial score (nSPS) is 14.1. The van der Waals surface area contributed by atoms with Crippen molar-refractivity contribution < 1.29 is 24.9 Å². The standard InChI is InChI=1S/C13H18O5/c1-8-9(12(16)11(15)6-7-14)4-3-5-10(8)13(17)18-2/h3-5,11-12,14-16H,6-7H2,1-2H3. The van der Waals surface area contributed by atoms with E-state index in [0.29, 0.717) is 16.7 Å². The number of ether oxygens (including phenoxy) is 1. The number of methoxy groups -OCH3 is 1. The fourth-order valence-electron chi connectivity index (χ4n) is 1.80. The Kier molecular flexibility index (Phi) is 5.27. The fourth-order valence-corrected chi connectivity index (χ4v) is 1.80. The van der Waals surface area contributed by atoms with Crippen molar-refractivity contribution in [2.24, 2.45) is 0 Å². The molecule has 0 aliphatic carbocycles. The molecule has 0 spiro atoms. The highest BCUT2D eigenvalue weighted by Crippen LogP contribution is 2.25. The summed E-state index contributed by atoms with van der Waals surface area (Å²) in [5.74, 6) is -0.488. The predicted octanol–water partition coefficient (Wildman–Crippen LogP) is 0.558. The Morgan fingerprint density at radius 2 is 2.06 bits per heavy atom. The molecule has 0 amide bonds. The third kappa shape index (κ3) is 3.07. The molecule has 3 N–H and O–H groups in total. The molecule has 18 heavy (non-hydrogen) atoms. The molecule has 0 fully saturated rings. The Hall–Kier alpha value is -1.43. The lowest BCUT2D eigenvalue weighted by atomic mass is 9.94. The topological polar surface area (TPSA) is 87.0 Å². The maximum atomic E-state index is 11.5. The van der Waals surface area contributed by atoms with E-state index in [2.05, 4.69) is 4.74 Å². The molecule has 1 aromatic rings. The van der Waals surface area contributed by atoms with Crippen LogP contribution in [-0.2, 0) is 4.74 Å². The van der Waals surface area contributed by atoms with Crippen LogP contribution in [0, 0.1) is 6.92 Å². The summed E-state index contributed by atoms with van der Waals surface area (Å²) in [5.41, 5.74) is 1.37. The SMILES string of the molecule is COC(=O)c1cccc(C(O)C(O)CCO)c1C. The number of esters is 1. The van der Waals surface area contributed by atoms with Gasteiger partial charge in [0.05, 0.1) is 18.8 Å². The highest BCUT2D eigenvalue weighted by atomic mass is 16.5. The van der Waals surface area contributed by atoms with Gasteiger partial charge in [0.15, 0.2) is 0 Å². The van der Waals surface area contributed by atoms with Gasteiger partial charge in [-0.1, -0.05) is 12.1 Å². The molecule has 0 aromatic heterocycles. The van der Waals surface area contributed by atoms with E-state index < -0.39 is 18.2 Å². The van der Waals surface area contributed by atoms with Gasteiger partial charge in [0.1, 0.15) is 6.10 Å². The van der Waals surface area contributed by atoms with Crippen LogP contribution in [0.25, 0.3) is 0 Å². The van der Waals surface area contributed by atoms with Crippen LogP contribution in [-0.4, -0.2) is 41.1 Å². The van der Waals surface area contributed by atoms with E-state index in [1.54, 1.807) is 25.1 Å². The van der Waals surface area contributed by atoms with Crippen LogP contribution in [0.2, 0.25) is 0 Å². The zero-order chi connectivity index (χ0) is 13.7. The molecule has 0 aliphatic rings. The van der Waals surface area contributed by atoms with Crippen LogP contribution >= 0.6 is 0 Å². The number of hydrogen-bond donors (Lipinski definition) is 3. The average Bonchev–Trinajstić information content (AvgIpc) is 2.37. The van der Waals surface area contributed by atoms with Crippen LogP contribution in [0.15, 0.2) is 18.2 Å². The van der Waals surface area contributed by atoms with Gasteiger partial charge in [-0.05, 0) is 30.5 Å². The van der Waals surface area contributed by atoms with E-state index in [-0.39, 0.29) is 13.0 Å². The van der Waals surface area contributed by atoms with Gasteiger partial charge < -0.3 is 20.1 Å².